The van der Waals surface area contributed by atoms with Gasteiger partial charge in [-0.1, -0.05) is 26.3 Å². The molecule has 0 amide bonds. The van der Waals surface area contributed by atoms with E-state index in [4.69, 9.17) is 9.84 Å². The van der Waals surface area contributed by atoms with Gasteiger partial charge in [-0.15, -0.1) is 0 Å². The third-order valence-corrected chi connectivity index (χ3v) is 3.74. The summed E-state index contributed by atoms with van der Waals surface area (Å²) in [4.78, 5) is 11.0. The summed E-state index contributed by atoms with van der Waals surface area (Å²) in [7, 11) is 0. The summed E-state index contributed by atoms with van der Waals surface area (Å²) >= 11 is 0. The summed E-state index contributed by atoms with van der Waals surface area (Å²) in [5, 5.41) is 9.08. The Morgan fingerprint density at radius 1 is 1.20 bits per heavy atom. The van der Waals surface area contributed by atoms with Crippen molar-refractivity contribution in [3.8, 4) is 5.75 Å². The van der Waals surface area contributed by atoms with Gasteiger partial charge in [-0.2, -0.15) is 0 Å². The van der Waals surface area contributed by atoms with Gasteiger partial charge in [-0.3, -0.25) is 4.79 Å². The highest BCUT2D eigenvalue weighted by Gasteiger charge is 2.18. The molecule has 0 aromatic heterocycles. The first kappa shape index (κ1) is 16.5. The van der Waals surface area contributed by atoms with Crippen LogP contribution < -0.4 is 4.74 Å². The fraction of sp³-hybridized carbons (Fsp3) is 0.588. The summed E-state index contributed by atoms with van der Waals surface area (Å²) in [6.07, 6.45) is 3.08. The minimum absolute atomic E-state index is 0.0939. The third kappa shape index (κ3) is 4.26. The van der Waals surface area contributed by atoms with Gasteiger partial charge < -0.3 is 9.84 Å². The van der Waals surface area contributed by atoms with Crippen molar-refractivity contribution in [1.29, 1.82) is 0 Å². The van der Waals surface area contributed by atoms with E-state index < -0.39 is 5.97 Å². The number of carboxylic acids is 1. The fourth-order valence-electron chi connectivity index (χ4n) is 2.55. The van der Waals surface area contributed by atoms with Crippen molar-refractivity contribution in [2.45, 2.75) is 59.3 Å². The van der Waals surface area contributed by atoms with Gasteiger partial charge in [0.15, 0.2) is 0 Å². The van der Waals surface area contributed by atoms with Crippen LogP contribution in [0.25, 0.3) is 0 Å². The van der Waals surface area contributed by atoms with Gasteiger partial charge in [0.2, 0.25) is 0 Å². The maximum atomic E-state index is 11.0. The van der Waals surface area contributed by atoms with Crippen molar-refractivity contribution < 1.29 is 14.6 Å². The van der Waals surface area contributed by atoms with Crippen molar-refractivity contribution in [2.75, 3.05) is 6.61 Å². The standard InChI is InChI=1S/C17H26O3/c1-5-7-14(11-17(18)19)15-8-9-16(20-10-6-2)13(4)12(15)3/h8-9,14H,5-7,10-11H2,1-4H3,(H,18,19). The van der Waals surface area contributed by atoms with Crippen LogP contribution in [0.5, 0.6) is 5.75 Å². The van der Waals surface area contributed by atoms with Crippen molar-refractivity contribution in [3.63, 3.8) is 0 Å². The van der Waals surface area contributed by atoms with E-state index in [1.165, 1.54) is 5.56 Å². The van der Waals surface area contributed by atoms with Crippen LogP contribution in [0.15, 0.2) is 12.1 Å². The molecule has 1 rings (SSSR count). The third-order valence-electron chi connectivity index (χ3n) is 3.74. The Morgan fingerprint density at radius 2 is 1.90 bits per heavy atom. The van der Waals surface area contributed by atoms with Gasteiger partial charge in [0.25, 0.3) is 0 Å². The van der Waals surface area contributed by atoms with Crippen LogP contribution in [-0.4, -0.2) is 17.7 Å². The molecule has 1 unspecified atom stereocenters. The van der Waals surface area contributed by atoms with E-state index in [1.54, 1.807) is 0 Å². The summed E-state index contributed by atoms with van der Waals surface area (Å²) in [5.74, 6) is 0.280. The van der Waals surface area contributed by atoms with Crippen LogP contribution >= 0.6 is 0 Å². The predicted molar refractivity (Wildman–Crippen MR) is 81.6 cm³/mol. The largest absolute Gasteiger partial charge is 0.493 e. The molecule has 0 bridgehead atoms. The van der Waals surface area contributed by atoms with Gasteiger partial charge in [0.1, 0.15) is 5.75 Å². The Bertz CT molecular complexity index is 452. The smallest absolute Gasteiger partial charge is 0.303 e. The molecule has 0 aliphatic carbocycles. The second kappa shape index (κ2) is 7.93. The lowest BCUT2D eigenvalue weighted by atomic mass is 9.86. The van der Waals surface area contributed by atoms with Crippen LogP contribution in [0.2, 0.25) is 0 Å². The first-order valence-electron chi connectivity index (χ1n) is 7.45. The molecule has 0 radical (unpaired) electrons. The summed E-state index contributed by atoms with van der Waals surface area (Å²) < 4.78 is 5.73. The lowest BCUT2D eigenvalue weighted by Gasteiger charge is -2.20. The fourth-order valence-corrected chi connectivity index (χ4v) is 2.55. The molecule has 0 saturated heterocycles. The normalized spacial score (nSPS) is 12.2. The minimum atomic E-state index is -0.730. The van der Waals surface area contributed by atoms with Crippen LogP contribution in [0.3, 0.4) is 0 Å². The van der Waals surface area contributed by atoms with E-state index in [-0.39, 0.29) is 12.3 Å². The van der Waals surface area contributed by atoms with E-state index in [1.807, 2.05) is 19.1 Å². The SMILES string of the molecule is CCCOc1ccc(C(CCC)CC(=O)O)c(C)c1C. The molecule has 112 valence electrons. The van der Waals surface area contributed by atoms with E-state index in [0.717, 1.165) is 36.1 Å². The molecule has 3 heteroatoms. The highest BCUT2D eigenvalue weighted by molar-refractivity contribution is 5.68. The zero-order valence-corrected chi connectivity index (χ0v) is 13.0. The first-order valence-corrected chi connectivity index (χ1v) is 7.45. The van der Waals surface area contributed by atoms with Gasteiger partial charge in [-0.05, 0) is 55.4 Å². The lowest BCUT2D eigenvalue weighted by molar-refractivity contribution is -0.137. The zero-order valence-electron chi connectivity index (χ0n) is 13.0. The van der Waals surface area contributed by atoms with Gasteiger partial charge in [0, 0.05) is 0 Å². The van der Waals surface area contributed by atoms with E-state index in [9.17, 15) is 4.79 Å². The molecular weight excluding hydrogens is 252 g/mol. The predicted octanol–water partition coefficient (Wildman–Crippen LogP) is 4.45. The molecule has 0 aliphatic rings. The number of carboxylic acid groups (broad SMARTS) is 1. The number of rotatable bonds is 8. The average molecular weight is 278 g/mol. The van der Waals surface area contributed by atoms with Crippen LogP contribution in [0.4, 0.5) is 0 Å². The molecule has 3 nitrogen and oxygen atoms in total. The molecule has 1 N–H and O–H groups in total. The van der Waals surface area contributed by atoms with Gasteiger partial charge >= 0.3 is 5.97 Å². The molecule has 0 heterocycles. The van der Waals surface area contributed by atoms with Crippen molar-refractivity contribution in [1.82, 2.24) is 0 Å². The number of hydrogen-bond donors (Lipinski definition) is 1. The molecule has 1 aromatic carbocycles. The average Bonchev–Trinajstić information content (AvgIpc) is 2.39. The zero-order chi connectivity index (χ0) is 15.1. The highest BCUT2D eigenvalue weighted by atomic mass is 16.5. The monoisotopic (exact) mass is 278 g/mol. The summed E-state index contributed by atoms with van der Waals surface area (Å²) in [5.41, 5.74) is 3.44. The second-order valence-electron chi connectivity index (χ2n) is 5.33. The number of aliphatic carboxylic acids is 1. The van der Waals surface area contributed by atoms with E-state index in [2.05, 4.69) is 20.8 Å². The minimum Gasteiger partial charge on any atom is -0.493 e. The Morgan fingerprint density at radius 3 is 2.45 bits per heavy atom. The van der Waals surface area contributed by atoms with Crippen LogP contribution in [0.1, 0.15) is 62.1 Å². The highest BCUT2D eigenvalue weighted by Crippen LogP contribution is 2.33. The van der Waals surface area contributed by atoms with E-state index >= 15 is 0 Å². The molecule has 0 aliphatic heterocycles. The maximum Gasteiger partial charge on any atom is 0.303 e. The number of hydrogen-bond acceptors (Lipinski definition) is 2. The second-order valence-corrected chi connectivity index (χ2v) is 5.33. The number of ether oxygens (including phenoxy) is 1. The number of benzene rings is 1. The number of carbonyl (C=O) groups is 1. The summed E-state index contributed by atoms with van der Waals surface area (Å²) in [6, 6.07) is 4.02. The van der Waals surface area contributed by atoms with Gasteiger partial charge in [-0.25, -0.2) is 0 Å². The molecule has 0 spiro atoms. The molecule has 0 saturated carbocycles. The lowest BCUT2D eigenvalue weighted by Crippen LogP contribution is -2.09. The molecule has 1 atom stereocenters. The Balaban J connectivity index is 3.04. The molecular formula is C17H26O3. The topological polar surface area (TPSA) is 46.5 Å². The van der Waals surface area contributed by atoms with E-state index in [0.29, 0.717) is 6.61 Å². The Labute approximate surface area is 122 Å². The Hall–Kier alpha value is -1.51. The van der Waals surface area contributed by atoms with Gasteiger partial charge in [0.05, 0.1) is 13.0 Å². The first-order chi connectivity index (χ1) is 9.51. The van der Waals surface area contributed by atoms with Crippen molar-refractivity contribution >= 4 is 5.97 Å². The molecule has 0 fully saturated rings. The van der Waals surface area contributed by atoms with Crippen molar-refractivity contribution in [2.24, 2.45) is 0 Å². The van der Waals surface area contributed by atoms with Crippen LogP contribution in [-0.2, 0) is 4.79 Å². The molecule has 1 aromatic rings. The quantitative estimate of drug-likeness (QED) is 0.764. The Kier molecular flexibility index (Phi) is 6.56. The van der Waals surface area contributed by atoms with Crippen molar-refractivity contribution in [3.05, 3.63) is 28.8 Å². The van der Waals surface area contributed by atoms with Crippen LogP contribution in [0, 0.1) is 13.8 Å². The maximum absolute atomic E-state index is 11.0. The molecule has 20 heavy (non-hydrogen) atoms. The summed E-state index contributed by atoms with van der Waals surface area (Å²) in [6.45, 7) is 9.01.